The van der Waals surface area contributed by atoms with Crippen LogP contribution in [0.4, 0.5) is 0 Å². The molecule has 1 atom stereocenters. The van der Waals surface area contributed by atoms with E-state index in [2.05, 4.69) is 95.6 Å². The Morgan fingerprint density at radius 2 is 1.76 bits per heavy atom. The van der Waals surface area contributed by atoms with Crippen LogP contribution in [0.15, 0.2) is 54.6 Å². The van der Waals surface area contributed by atoms with Gasteiger partial charge in [-0.2, -0.15) is 0 Å². The molecule has 0 saturated carbocycles. The van der Waals surface area contributed by atoms with Crippen molar-refractivity contribution in [1.29, 1.82) is 0 Å². The molecular formula is C30H41NOSi. The molecule has 3 heteroatoms. The highest BCUT2D eigenvalue weighted by atomic mass is 28.3. The maximum absolute atomic E-state index is 6.48. The van der Waals surface area contributed by atoms with Crippen molar-refractivity contribution in [3.63, 3.8) is 0 Å². The summed E-state index contributed by atoms with van der Waals surface area (Å²) in [5.74, 6) is 1.10. The van der Waals surface area contributed by atoms with Crippen LogP contribution in [0.2, 0.25) is 13.1 Å². The molecular weight excluding hydrogens is 418 g/mol. The molecule has 1 saturated heterocycles. The molecule has 1 aliphatic heterocycles. The first-order chi connectivity index (χ1) is 15.6. The number of fused-ring (bicyclic) bond motifs is 1. The first-order valence-corrected chi connectivity index (χ1v) is 15.6. The summed E-state index contributed by atoms with van der Waals surface area (Å²) in [5, 5.41) is 1.44. The zero-order valence-corrected chi connectivity index (χ0v) is 22.7. The van der Waals surface area contributed by atoms with E-state index in [-0.39, 0.29) is 5.41 Å². The number of hydrogen-bond donors (Lipinski definition) is 0. The second-order valence-corrected chi connectivity index (χ2v) is 16.1. The molecule has 0 aromatic heterocycles. The van der Waals surface area contributed by atoms with Gasteiger partial charge in [0.15, 0.2) is 0 Å². The van der Waals surface area contributed by atoms with Crippen molar-refractivity contribution in [3.05, 3.63) is 76.9 Å². The third-order valence-electron chi connectivity index (χ3n) is 7.56. The molecule has 4 rings (SSSR count). The first kappa shape index (κ1) is 23.9. The van der Waals surface area contributed by atoms with Gasteiger partial charge in [0.05, 0.1) is 8.07 Å². The van der Waals surface area contributed by atoms with Crippen LogP contribution in [0, 0.1) is 6.92 Å². The van der Waals surface area contributed by atoms with Crippen LogP contribution in [0.3, 0.4) is 0 Å². The summed E-state index contributed by atoms with van der Waals surface area (Å²) in [7, 11) is -2.03. The number of aryl methyl sites for hydroxylation is 1. The normalized spacial score (nSPS) is 18.6. The maximum Gasteiger partial charge on any atom is 0.122 e. The third-order valence-corrected chi connectivity index (χ3v) is 11.5. The Bertz CT molecular complexity index is 1080. The molecule has 1 fully saturated rings. The van der Waals surface area contributed by atoms with E-state index < -0.39 is 8.07 Å². The van der Waals surface area contributed by atoms with E-state index in [0.717, 1.165) is 5.75 Å². The van der Waals surface area contributed by atoms with E-state index in [1.54, 1.807) is 5.57 Å². The largest absolute Gasteiger partial charge is 0.489 e. The number of nitrogens with zero attached hydrogens (tertiary/aromatic N) is 1. The topological polar surface area (TPSA) is 12.5 Å². The van der Waals surface area contributed by atoms with Crippen LogP contribution in [-0.2, 0) is 5.41 Å². The molecule has 33 heavy (non-hydrogen) atoms. The Labute approximate surface area is 202 Å². The summed E-state index contributed by atoms with van der Waals surface area (Å²) in [6.07, 6.45) is 4.47. The van der Waals surface area contributed by atoms with Gasteiger partial charge >= 0.3 is 0 Å². The monoisotopic (exact) mass is 459 g/mol. The Morgan fingerprint density at radius 1 is 1.09 bits per heavy atom. The lowest BCUT2D eigenvalue weighted by Gasteiger charge is -2.36. The fraction of sp³-hybridized carbons (Fsp3) is 0.467. The van der Waals surface area contributed by atoms with Gasteiger partial charge in [-0.05, 0) is 54.0 Å². The molecule has 2 aliphatic rings. The standard InChI is InChI=1S/C30H41NOSi/c1-9-18-32-28-25(30(4,5)6)19-21(2)20-26(28)33(7,8)29-22(3)27(31-16-12-13-17-31)23-14-10-11-15-24(23)29/h9-11,14-15,19-20,29H,1,12-13,16-18H2,2-8H3. The van der Waals surface area contributed by atoms with E-state index in [1.165, 1.54) is 59.1 Å². The lowest BCUT2D eigenvalue weighted by molar-refractivity contribution is 0.353. The highest BCUT2D eigenvalue weighted by Gasteiger charge is 2.45. The number of ether oxygens (including phenoxy) is 1. The number of hydrogen-bond acceptors (Lipinski definition) is 2. The molecule has 176 valence electrons. The molecule has 2 aromatic rings. The SMILES string of the molecule is C=CCOc1c(C(C)(C)C)cc(C)cc1[Si](C)(C)C1C(C)=C(N2CCCC2)c2ccccc21. The Morgan fingerprint density at radius 3 is 2.39 bits per heavy atom. The second-order valence-electron chi connectivity index (χ2n) is 11.5. The third kappa shape index (κ3) is 4.21. The van der Waals surface area contributed by atoms with Gasteiger partial charge in [0.2, 0.25) is 0 Å². The minimum atomic E-state index is -2.03. The molecule has 0 bridgehead atoms. The lowest BCUT2D eigenvalue weighted by atomic mass is 9.85. The summed E-state index contributed by atoms with van der Waals surface area (Å²) >= 11 is 0. The van der Waals surface area contributed by atoms with Crippen molar-refractivity contribution in [2.24, 2.45) is 0 Å². The van der Waals surface area contributed by atoms with Crippen molar-refractivity contribution < 1.29 is 4.74 Å². The van der Waals surface area contributed by atoms with Crippen molar-refractivity contribution in [2.75, 3.05) is 19.7 Å². The smallest absolute Gasteiger partial charge is 0.122 e. The predicted molar refractivity (Wildman–Crippen MR) is 145 cm³/mol. The van der Waals surface area contributed by atoms with Crippen LogP contribution in [0.1, 0.15) is 68.3 Å². The summed E-state index contributed by atoms with van der Waals surface area (Å²) in [4.78, 5) is 2.64. The van der Waals surface area contributed by atoms with Gasteiger partial charge in [-0.1, -0.05) is 88.5 Å². The number of rotatable bonds is 6. The van der Waals surface area contributed by atoms with E-state index in [0.29, 0.717) is 12.1 Å². The minimum Gasteiger partial charge on any atom is -0.489 e. The van der Waals surface area contributed by atoms with Crippen LogP contribution in [0.5, 0.6) is 5.75 Å². The summed E-state index contributed by atoms with van der Waals surface area (Å²) in [6, 6.07) is 13.9. The van der Waals surface area contributed by atoms with E-state index in [9.17, 15) is 0 Å². The van der Waals surface area contributed by atoms with E-state index in [1.807, 2.05) is 6.08 Å². The zero-order valence-electron chi connectivity index (χ0n) is 21.7. The van der Waals surface area contributed by atoms with Crippen molar-refractivity contribution >= 4 is 19.0 Å². The van der Waals surface area contributed by atoms with Crippen LogP contribution in [0.25, 0.3) is 5.70 Å². The van der Waals surface area contributed by atoms with Crippen molar-refractivity contribution in [3.8, 4) is 5.75 Å². The molecule has 0 radical (unpaired) electrons. The second kappa shape index (κ2) is 8.83. The molecule has 1 unspecified atom stereocenters. The maximum atomic E-state index is 6.48. The molecule has 2 nitrogen and oxygen atoms in total. The molecule has 2 aromatic carbocycles. The van der Waals surface area contributed by atoms with Gasteiger partial charge in [0.25, 0.3) is 0 Å². The lowest BCUT2D eigenvalue weighted by Crippen LogP contribution is -2.49. The quantitative estimate of drug-likeness (QED) is 0.343. The average molecular weight is 460 g/mol. The number of likely N-dealkylation sites (tertiary alicyclic amines) is 1. The fourth-order valence-corrected chi connectivity index (χ4v) is 10.1. The summed E-state index contributed by atoms with van der Waals surface area (Å²) in [5.41, 5.74) is 9.14. The van der Waals surface area contributed by atoms with E-state index in [4.69, 9.17) is 4.74 Å². The predicted octanol–water partition coefficient (Wildman–Crippen LogP) is 6.94. The Balaban J connectivity index is 1.93. The summed E-state index contributed by atoms with van der Waals surface area (Å²) in [6.45, 7) is 23.4. The van der Waals surface area contributed by atoms with Crippen LogP contribution >= 0.6 is 0 Å². The van der Waals surface area contributed by atoms with Gasteiger partial charge < -0.3 is 9.64 Å². The van der Waals surface area contributed by atoms with Gasteiger partial charge in [-0.3, -0.25) is 0 Å². The van der Waals surface area contributed by atoms with Crippen LogP contribution < -0.4 is 9.92 Å². The van der Waals surface area contributed by atoms with Crippen molar-refractivity contribution in [1.82, 2.24) is 4.90 Å². The number of allylic oxidation sites excluding steroid dienone is 1. The zero-order chi connectivity index (χ0) is 24.0. The van der Waals surface area contributed by atoms with Gasteiger partial charge in [-0.15, -0.1) is 0 Å². The fourth-order valence-electron chi connectivity index (χ4n) is 6.10. The average Bonchev–Trinajstić information content (AvgIpc) is 3.36. The minimum absolute atomic E-state index is 0.0148. The summed E-state index contributed by atoms with van der Waals surface area (Å²) < 4.78 is 6.48. The first-order valence-electron chi connectivity index (χ1n) is 12.5. The Kier molecular flexibility index (Phi) is 6.39. The van der Waals surface area contributed by atoms with Gasteiger partial charge in [0.1, 0.15) is 12.4 Å². The van der Waals surface area contributed by atoms with E-state index >= 15 is 0 Å². The molecule has 1 heterocycles. The molecule has 0 spiro atoms. The highest BCUT2D eigenvalue weighted by molar-refractivity contribution is 6.92. The van der Waals surface area contributed by atoms with Gasteiger partial charge in [0, 0.05) is 29.9 Å². The Hall–Kier alpha value is -2.26. The molecule has 0 amide bonds. The van der Waals surface area contributed by atoms with Crippen molar-refractivity contribution in [2.45, 2.75) is 71.5 Å². The van der Waals surface area contributed by atoms with Gasteiger partial charge in [-0.25, -0.2) is 0 Å². The molecule has 1 aliphatic carbocycles. The van der Waals surface area contributed by atoms with Crippen LogP contribution in [-0.4, -0.2) is 32.7 Å². The highest BCUT2D eigenvalue weighted by Crippen LogP contribution is 2.49. The molecule has 0 N–H and O–H groups in total. The number of benzene rings is 2.